The summed E-state index contributed by atoms with van der Waals surface area (Å²) in [6.45, 7) is 0. The fourth-order valence-electron chi connectivity index (χ4n) is 11.1. The second-order valence-corrected chi connectivity index (χ2v) is 18.6. The number of aromatic nitrogens is 3. The molecule has 6 heteroatoms. The molecule has 72 heavy (non-hydrogen) atoms. The second kappa shape index (κ2) is 17.5. The van der Waals surface area contributed by atoms with Gasteiger partial charge in [0.15, 0.2) is 23.3 Å². The zero-order valence-electron chi connectivity index (χ0n) is 39.3. The van der Waals surface area contributed by atoms with E-state index in [1.165, 1.54) is 22.3 Å². The van der Waals surface area contributed by atoms with Crippen LogP contribution in [-0.2, 0) is 5.41 Å². The lowest BCUT2D eigenvalue weighted by molar-refractivity contribution is 0.793. The van der Waals surface area contributed by atoms with Gasteiger partial charge < -0.3 is 5.73 Å². The average Bonchev–Trinajstić information content (AvgIpc) is 3.92. The molecule has 10 aromatic rings. The van der Waals surface area contributed by atoms with Gasteiger partial charge in [-0.05, 0) is 121 Å². The molecular formula is C66H46N6. The summed E-state index contributed by atoms with van der Waals surface area (Å²) < 4.78 is 0. The molecule has 0 radical (unpaired) electrons. The molecule has 0 amide bonds. The maximum absolute atomic E-state index is 9.47. The normalized spacial score (nSPS) is 15.1. The average molecular weight is 923 g/mol. The summed E-state index contributed by atoms with van der Waals surface area (Å²) in [6.07, 6.45) is 8.68. The van der Waals surface area contributed by atoms with Crippen LogP contribution >= 0.6 is 0 Å². The monoisotopic (exact) mass is 922 g/mol. The molecule has 6 nitrogen and oxygen atoms in total. The molecule has 0 bridgehead atoms. The van der Waals surface area contributed by atoms with E-state index in [2.05, 4.69) is 206 Å². The number of benzene rings is 9. The first-order chi connectivity index (χ1) is 35.5. The fraction of sp³-hybridized carbons (Fsp3) is 0.0455. The molecule has 1 aromatic heterocycles. The van der Waals surface area contributed by atoms with Gasteiger partial charge in [-0.3, -0.25) is 5.41 Å². The Morgan fingerprint density at radius 3 is 1.49 bits per heavy atom. The Labute approximate surface area is 418 Å². The highest BCUT2D eigenvalue weighted by molar-refractivity contribution is 6.11. The van der Waals surface area contributed by atoms with Crippen LogP contribution in [0.25, 0.3) is 84.2 Å². The topological polar surface area (TPSA) is 101 Å². The molecule has 1 atom stereocenters. The van der Waals surface area contributed by atoms with Crippen molar-refractivity contribution in [1.82, 2.24) is 15.0 Å². The molecule has 1 spiro atoms. The van der Waals surface area contributed by atoms with Crippen LogP contribution in [0.1, 0.15) is 51.8 Å². The third-order valence-corrected chi connectivity index (χ3v) is 14.4. The molecule has 3 aliphatic rings. The first-order valence-electron chi connectivity index (χ1n) is 24.5. The van der Waals surface area contributed by atoms with E-state index >= 15 is 0 Å². The Bertz CT molecular complexity index is 3790. The van der Waals surface area contributed by atoms with Crippen LogP contribution in [0.2, 0.25) is 0 Å². The van der Waals surface area contributed by atoms with Gasteiger partial charge in [0.25, 0.3) is 0 Å². The van der Waals surface area contributed by atoms with Crippen LogP contribution in [-0.4, -0.2) is 26.6 Å². The lowest BCUT2D eigenvalue weighted by Gasteiger charge is -2.31. The van der Waals surface area contributed by atoms with E-state index in [0.717, 1.165) is 90.7 Å². The van der Waals surface area contributed by atoms with Crippen molar-refractivity contribution in [3.8, 4) is 78.7 Å². The zero-order chi connectivity index (χ0) is 48.2. The van der Waals surface area contributed by atoms with Gasteiger partial charge in [-0.25, -0.2) is 19.9 Å². The summed E-state index contributed by atoms with van der Waals surface area (Å²) in [7, 11) is 0. The molecular weight excluding hydrogens is 877 g/mol. The summed E-state index contributed by atoms with van der Waals surface area (Å²) in [4.78, 5) is 20.7. The fourth-order valence-corrected chi connectivity index (χ4v) is 11.1. The van der Waals surface area contributed by atoms with Crippen molar-refractivity contribution in [2.24, 2.45) is 10.7 Å². The number of fused-ring (bicyclic) bond motifs is 10. The first kappa shape index (κ1) is 42.7. The van der Waals surface area contributed by atoms with Crippen LogP contribution in [0.3, 0.4) is 0 Å². The Morgan fingerprint density at radius 1 is 0.403 bits per heavy atom. The molecule has 0 saturated heterocycles. The standard InChI is InChI=1S/C66H46N6/c67-61(48-26-14-23-45(37-48)42-17-4-1-5-18-42)69-62(68)49-33-35-55-53-29-10-12-31-57(53)66(59(55)40-49)58-32-13-11-30-54(58)56-36-34-52(41-60(56)66)65-71-63(50-27-15-24-46(38-50)43-19-6-2-7-20-43)70-64(72-65)51-28-16-25-47(39-51)44-21-8-3-9-22-44/h2-4,6-41H,1,5H2,(H3,67,68,69). The van der Waals surface area contributed by atoms with E-state index in [1.807, 2.05) is 30.3 Å². The smallest absolute Gasteiger partial charge is 0.164 e. The van der Waals surface area contributed by atoms with Crippen LogP contribution in [0.4, 0.5) is 0 Å². The minimum absolute atomic E-state index is 0.0988. The molecule has 1 unspecified atom stereocenters. The van der Waals surface area contributed by atoms with Crippen LogP contribution in [0.15, 0.2) is 242 Å². The van der Waals surface area contributed by atoms with E-state index in [-0.39, 0.29) is 5.84 Å². The van der Waals surface area contributed by atoms with Gasteiger partial charge in [-0.1, -0.05) is 206 Å². The number of amidine groups is 2. The molecule has 340 valence electrons. The quantitative estimate of drug-likeness (QED) is 0.117. The third-order valence-electron chi connectivity index (χ3n) is 14.4. The lowest BCUT2D eigenvalue weighted by atomic mass is 9.70. The number of aliphatic imine (C=N–C) groups is 1. The largest absolute Gasteiger partial charge is 0.383 e. The van der Waals surface area contributed by atoms with Gasteiger partial charge in [0, 0.05) is 27.8 Å². The lowest BCUT2D eigenvalue weighted by Crippen LogP contribution is -2.26. The van der Waals surface area contributed by atoms with Crippen molar-refractivity contribution in [2.75, 3.05) is 0 Å². The van der Waals surface area contributed by atoms with Gasteiger partial charge in [0.05, 0.1) is 5.41 Å². The molecule has 1 heterocycles. The third kappa shape index (κ3) is 7.23. The SMILES string of the molecule is N=C(N=C(N)c1cccc(C2=CCCC=C2)c1)c1ccc2c(c1)C1(c3ccccc3-2)c2ccccc2-c2ccc(-c3nc(-c4cccc(-c5ccccc5)c4)nc(-c4cccc(-c5ccccc5)c4)n3)cc21. The van der Waals surface area contributed by atoms with E-state index in [4.69, 9.17) is 25.7 Å². The van der Waals surface area contributed by atoms with Crippen LogP contribution < -0.4 is 5.73 Å². The summed E-state index contributed by atoms with van der Waals surface area (Å²) in [5.41, 5.74) is 26.0. The van der Waals surface area contributed by atoms with Crippen molar-refractivity contribution >= 4 is 17.2 Å². The number of nitrogens with one attached hydrogen (secondary N) is 1. The molecule has 9 aromatic carbocycles. The molecule has 13 rings (SSSR count). The highest BCUT2D eigenvalue weighted by Gasteiger charge is 2.52. The Morgan fingerprint density at radius 2 is 0.889 bits per heavy atom. The molecule has 3 aliphatic carbocycles. The number of hydrogen-bond donors (Lipinski definition) is 2. The molecule has 0 fully saturated rings. The Hall–Kier alpha value is -9.39. The van der Waals surface area contributed by atoms with Crippen molar-refractivity contribution in [2.45, 2.75) is 18.3 Å². The highest BCUT2D eigenvalue weighted by Crippen LogP contribution is 2.63. The van der Waals surface area contributed by atoms with Gasteiger partial charge in [-0.15, -0.1) is 0 Å². The van der Waals surface area contributed by atoms with E-state index in [1.54, 1.807) is 0 Å². The van der Waals surface area contributed by atoms with Crippen molar-refractivity contribution in [3.05, 3.63) is 276 Å². The van der Waals surface area contributed by atoms with E-state index in [0.29, 0.717) is 28.9 Å². The van der Waals surface area contributed by atoms with Crippen molar-refractivity contribution < 1.29 is 0 Å². The number of nitrogens with two attached hydrogens (primary N) is 1. The maximum Gasteiger partial charge on any atom is 0.164 e. The number of allylic oxidation sites excluding steroid dienone is 4. The maximum atomic E-state index is 9.47. The summed E-state index contributed by atoms with van der Waals surface area (Å²) in [6, 6.07) is 76.3. The molecule has 0 aliphatic heterocycles. The second-order valence-electron chi connectivity index (χ2n) is 18.6. The highest BCUT2D eigenvalue weighted by atomic mass is 15.0. The minimum Gasteiger partial charge on any atom is -0.383 e. The summed E-state index contributed by atoms with van der Waals surface area (Å²) in [5, 5.41) is 9.47. The van der Waals surface area contributed by atoms with Crippen molar-refractivity contribution in [3.63, 3.8) is 0 Å². The van der Waals surface area contributed by atoms with Gasteiger partial charge in [0.2, 0.25) is 0 Å². The van der Waals surface area contributed by atoms with Crippen LogP contribution in [0, 0.1) is 5.41 Å². The van der Waals surface area contributed by atoms with Gasteiger partial charge >= 0.3 is 0 Å². The first-order valence-corrected chi connectivity index (χ1v) is 24.5. The van der Waals surface area contributed by atoms with E-state index in [9.17, 15) is 5.41 Å². The predicted molar refractivity (Wildman–Crippen MR) is 294 cm³/mol. The Balaban J connectivity index is 0.968. The summed E-state index contributed by atoms with van der Waals surface area (Å²) in [5.74, 6) is 2.15. The number of hydrogen-bond acceptors (Lipinski definition) is 4. The zero-order valence-corrected chi connectivity index (χ0v) is 39.3. The molecule has 0 saturated carbocycles. The van der Waals surface area contributed by atoms with Crippen molar-refractivity contribution in [1.29, 1.82) is 5.41 Å². The van der Waals surface area contributed by atoms with Gasteiger partial charge in [0.1, 0.15) is 5.84 Å². The van der Waals surface area contributed by atoms with E-state index < -0.39 is 5.41 Å². The summed E-state index contributed by atoms with van der Waals surface area (Å²) >= 11 is 0. The Kier molecular flexibility index (Phi) is 10.4. The van der Waals surface area contributed by atoms with Gasteiger partial charge in [-0.2, -0.15) is 0 Å². The number of nitrogens with zero attached hydrogens (tertiary/aromatic N) is 4. The molecule has 3 N–H and O–H groups in total. The minimum atomic E-state index is -0.721. The predicted octanol–water partition coefficient (Wildman–Crippen LogP) is 15.0. The van der Waals surface area contributed by atoms with Crippen LogP contribution in [0.5, 0.6) is 0 Å². The number of rotatable bonds is 8.